The van der Waals surface area contributed by atoms with E-state index in [0.717, 1.165) is 12.8 Å². The first-order valence-corrected chi connectivity index (χ1v) is 11.5. The molecule has 1 heterocycles. The smallest absolute Gasteiger partial charge is 0.251 e. The van der Waals surface area contributed by atoms with Crippen LogP contribution in [0.2, 0.25) is 0 Å². The Morgan fingerprint density at radius 2 is 1.69 bits per heavy atom. The molecular weight excluding hydrogens is 388 g/mol. The van der Waals surface area contributed by atoms with Gasteiger partial charge in [-0.15, -0.1) is 0 Å². The second kappa shape index (κ2) is 10.0. The predicted molar refractivity (Wildman–Crippen MR) is 113 cm³/mol. The van der Waals surface area contributed by atoms with Crippen LogP contribution in [-0.4, -0.2) is 51.0 Å². The number of rotatable bonds is 8. The molecule has 7 heteroatoms. The number of carbonyl (C=O) groups excluding carboxylic acids is 1. The van der Waals surface area contributed by atoms with E-state index >= 15 is 0 Å². The number of nitrogens with zero attached hydrogens (tertiary/aromatic N) is 1. The molecule has 2 aromatic carbocycles. The Kier molecular flexibility index (Phi) is 7.41. The Labute approximate surface area is 172 Å². The van der Waals surface area contributed by atoms with Gasteiger partial charge in [0, 0.05) is 24.7 Å². The van der Waals surface area contributed by atoms with E-state index in [-0.39, 0.29) is 17.7 Å². The van der Waals surface area contributed by atoms with Gasteiger partial charge >= 0.3 is 0 Å². The van der Waals surface area contributed by atoms with Gasteiger partial charge in [0.05, 0.1) is 19.0 Å². The third-order valence-electron chi connectivity index (χ3n) is 5.01. The summed E-state index contributed by atoms with van der Waals surface area (Å²) >= 11 is 0. The van der Waals surface area contributed by atoms with E-state index in [1.807, 2.05) is 25.1 Å². The molecule has 1 fully saturated rings. The van der Waals surface area contributed by atoms with Gasteiger partial charge in [0.2, 0.25) is 10.0 Å². The highest BCUT2D eigenvalue weighted by Gasteiger charge is 2.24. The van der Waals surface area contributed by atoms with Gasteiger partial charge in [0.15, 0.2) is 0 Å². The van der Waals surface area contributed by atoms with Crippen LogP contribution in [0.1, 0.15) is 34.8 Å². The highest BCUT2D eigenvalue weighted by molar-refractivity contribution is 7.88. The Morgan fingerprint density at radius 3 is 2.34 bits per heavy atom. The summed E-state index contributed by atoms with van der Waals surface area (Å²) in [6, 6.07) is 17.0. The van der Waals surface area contributed by atoms with E-state index in [0.29, 0.717) is 37.4 Å². The third-order valence-corrected chi connectivity index (χ3v) is 6.87. The first kappa shape index (κ1) is 21.5. The van der Waals surface area contributed by atoms with Gasteiger partial charge in [-0.25, -0.2) is 8.42 Å². The summed E-state index contributed by atoms with van der Waals surface area (Å²) in [5.41, 5.74) is 2.45. The first-order valence-electron chi connectivity index (χ1n) is 9.93. The topological polar surface area (TPSA) is 75.7 Å². The zero-order valence-corrected chi connectivity index (χ0v) is 17.5. The summed E-state index contributed by atoms with van der Waals surface area (Å²) in [5.74, 6) is -0.212. The molecule has 2 aromatic rings. The molecule has 29 heavy (non-hydrogen) atoms. The fraction of sp³-hybridized carbons (Fsp3) is 0.409. The summed E-state index contributed by atoms with van der Waals surface area (Å²) in [6.07, 6.45) is 1.76. The van der Waals surface area contributed by atoms with Crippen LogP contribution in [0.4, 0.5) is 0 Å². The summed E-state index contributed by atoms with van der Waals surface area (Å²) in [5, 5.41) is 3.01. The standard InChI is InChI=1S/C22H28N2O4S/c1-18(7-8-19-5-3-2-4-6-19)23-22(25)21-11-9-20(10-12-21)17-29(26,27)24-13-15-28-16-14-24/h2-6,9-12,18H,7-8,13-17H2,1H3,(H,23,25)/t18-/m1/s1. The van der Waals surface area contributed by atoms with Gasteiger partial charge in [0.25, 0.3) is 5.91 Å². The Morgan fingerprint density at radius 1 is 1.03 bits per heavy atom. The number of morpholine rings is 1. The Balaban J connectivity index is 1.51. The predicted octanol–water partition coefficient (Wildman–Crippen LogP) is 2.60. The van der Waals surface area contributed by atoms with Crippen LogP contribution < -0.4 is 5.32 Å². The van der Waals surface area contributed by atoms with Crippen LogP contribution >= 0.6 is 0 Å². The van der Waals surface area contributed by atoms with Crippen molar-refractivity contribution in [3.63, 3.8) is 0 Å². The second-order valence-corrected chi connectivity index (χ2v) is 9.33. The van der Waals surface area contributed by atoms with Crippen LogP contribution in [0.15, 0.2) is 54.6 Å². The molecule has 0 spiro atoms. The summed E-state index contributed by atoms with van der Waals surface area (Å²) < 4.78 is 31.7. The molecule has 1 saturated heterocycles. The molecule has 1 aliphatic rings. The number of amides is 1. The summed E-state index contributed by atoms with van der Waals surface area (Å²) in [4.78, 5) is 12.5. The van der Waals surface area contributed by atoms with Crippen molar-refractivity contribution in [2.45, 2.75) is 31.6 Å². The van der Waals surface area contributed by atoms with Crippen molar-refractivity contribution in [1.82, 2.24) is 9.62 Å². The molecule has 1 amide bonds. The minimum atomic E-state index is -3.37. The summed E-state index contributed by atoms with van der Waals surface area (Å²) in [7, 11) is -3.37. The largest absolute Gasteiger partial charge is 0.379 e. The minimum Gasteiger partial charge on any atom is -0.379 e. The molecule has 0 unspecified atom stereocenters. The number of aryl methyl sites for hydroxylation is 1. The lowest BCUT2D eigenvalue weighted by Gasteiger charge is -2.26. The average Bonchev–Trinajstić information content (AvgIpc) is 2.74. The Bertz CT molecular complexity index is 892. The molecule has 1 N–H and O–H groups in total. The highest BCUT2D eigenvalue weighted by Crippen LogP contribution is 2.14. The van der Waals surface area contributed by atoms with Crippen LogP contribution in [0.3, 0.4) is 0 Å². The van der Waals surface area contributed by atoms with Crippen LogP contribution in [0.5, 0.6) is 0 Å². The Hall–Kier alpha value is -2.22. The van der Waals surface area contributed by atoms with Crippen molar-refractivity contribution < 1.29 is 17.9 Å². The zero-order chi connectivity index (χ0) is 20.7. The van der Waals surface area contributed by atoms with Gasteiger partial charge < -0.3 is 10.1 Å². The number of sulfonamides is 1. The number of nitrogens with one attached hydrogen (secondary N) is 1. The number of ether oxygens (including phenoxy) is 1. The molecule has 1 aliphatic heterocycles. The van der Waals surface area contributed by atoms with Crippen molar-refractivity contribution in [3.05, 3.63) is 71.3 Å². The molecule has 0 bridgehead atoms. The van der Waals surface area contributed by atoms with Gasteiger partial charge in [-0.3, -0.25) is 4.79 Å². The lowest BCUT2D eigenvalue weighted by atomic mass is 10.1. The number of hydrogen-bond donors (Lipinski definition) is 1. The molecule has 3 rings (SSSR count). The summed E-state index contributed by atoms with van der Waals surface area (Å²) in [6.45, 7) is 3.64. The van der Waals surface area contributed by atoms with E-state index in [9.17, 15) is 13.2 Å². The zero-order valence-electron chi connectivity index (χ0n) is 16.7. The molecular formula is C22H28N2O4S. The van der Waals surface area contributed by atoms with Crippen molar-refractivity contribution in [2.75, 3.05) is 26.3 Å². The minimum absolute atomic E-state index is 0.0454. The average molecular weight is 417 g/mol. The quantitative estimate of drug-likeness (QED) is 0.718. The van der Waals surface area contributed by atoms with Gasteiger partial charge in [0.1, 0.15) is 0 Å². The van der Waals surface area contributed by atoms with Crippen molar-refractivity contribution in [3.8, 4) is 0 Å². The third kappa shape index (κ3) is 6.39. The molecule has 1 atom stereocenters. The van der Waals surface area contributed by atoms with Crippen molar-refractivity contribution in [1.29, 1.82) is 0 Å². The maximum absolute atomic E-state index is 12.5. The maximum Gasteiger partial charge on any atom is 0.251 e. The van der Waals surface area contributed by atoms with Gasteiger partial charge in [-0.1, -0.05) is 42.5 Å². The monoisotopic (exact) mass is 416 g/mol. The van der Waals surface area contributed by atoms with Crippen LogP contribution in [0.25, 0.3) is 0 Å². The molecule has 6 nitrogen and oxygen atoms in total. The van der Waals surface area contributed by atoms with E-state index in [4.69, 9.17) is 4.74 Å². The number of carbonyl (C=O) groups is 1. The van der Waals surface area contributed by atoms with Crippen molar-refractivity contribution >= 4 is 15.9 Å². The van der Waals surface area contributed by atoms with Crippen LogP contribution in [0, 0.1) is 0 Å². The fourth-order valence-electron chi connectivity index (χ4n) is 3.29. The van der Waals surface area contributed by atoms with E-state index in [1.165, 1.54) is 9.87 Å². The van der Waals surface area contributed by atoms with Crippen LogP contribution in [-0.2, 0) is 26.9 Å². The lowest BCUT2D eigenvalue weighted by molar-refractivity contribution is 0.0729. The van der Waals surface area contributed by atoms with Gasteiger partial charge in [-0.05, 0) is 43.0 Å². The fourth-order valence-corrected chi connectivity index (χ4v) is 4.79. The number of benzene rings is 2. The molecule has 156 valence electrons. The molecule has 0 saturated carbocycles. The lowest BCUT2D eigenvalue weighted by Crippen LogP contribution is -2.41. The second-order valence-electron chi connectivity index (χ2n) is 7.36. The number of hydrogen-bond acceptors (Lipinski definition) is 4. The molecule has 0 aliphatic carbocycles. The SMILES string of the molecule is C[C@H](CCc1ccccc1)NC(=O)c1ccc(CS(=O)(=O)N2CCOCC2)cc1. The molecule has 0 radical (unpaired) electrons. The maximum atomic E-state index is 12.5. The molecule has 0 aromatic heterocycles. The normalized spacial score (nSPS) is 16.3. The van der Waals surface area contributed by atoms with E-state index in [2.05, 4.69) is 17.4 Å². The first-order chi connectivity index (χ1) is 13.9. The van der Waals surface area contributed by atoms with Gasteiger partial charge in [-0.2, -0.15) is 4.31 Å². The highest BCUT2D eigenvalue weighted by atomic mass is 32.2. The van der Waals surface area contributed by atoms with Crippen molar-refractivity contribution in [2.24, 2.45) is 0 Å². The van der Waals surface area contributed by atoms with E-state index in [1.54, 1.807) is 24.3 Å². The van der Waals surface area contributed by atoms with E-state index < -0.39 is 10.0 Å².